The van der Waals surface area contributed by atoms with Crippen molar-refractivity contribution in [3.63, 3.8) is 0 Å². The highest BCUT2D eigenvalue weighted by molar-refractivity contribution is 7.89. The fourth-order valence-corrected chi connectivity index (χ4v) is 5.31. The summed E-state index contributed by atoms with van der Waals surface area (Å²) in [4.78, 5) is 22.9. The molecule has 27 heavy (non-hydrogen) atoms. The lowest BCUT2D eigenvalue weighted by Gasteiger charge is -2.36. The molecule has 1 saturated heterocycles. The van der Waals surface area contributed by atoms with Crippen molar-refractivity contribution in [2.24, 2.45) is 5.92 Å². The van der Waals surface area contributed by atoms with Crippen molar-refractivity contribution in [1.82, 2.24) is 9.62 Å². The highest BCUT2D eigenvalue weighted by Gasteiger charge is 2.38. The van der Waals surface area contributed by atoms with Gasteiger partial charge in [-0.25, -0.2) is 8.42 Å². The standard InChI is InChI=1S/C18H27N3O5S/c1-4-5-11-19-18(22)15-10-9-13(2)20(12-15)27(25,26)17-8-6-7-16(14(17)3)21(23)24/h6-8,13,15H,4-5,9-12H2,1-3H3,(H,19,22). The lowest BCUT2D eigenvalue weighted by Crippen LogP contribution is -2.49. The number of nitro benzene ring substituents is 1. The Kier molecular flexibility index (Phi) is 6.94. The predicted molar refractivity (Wildman–Crippen MR) is 102 cm³/mol. The Morgan fingerprint density at radius 1 is 1.37 bits per heavy atom. The first-order chi connectivity index (χ1) is 12.7. The highest BCUT2D eigenvalue weighted by atomic mass is 32.2. The molecule has 0 saturated carbocycles. The minimum Gasteiger partial charge on any atom is -0.356 e. The number of nitrogens with zero attached hydrogens (tertiary/aromatic N) is 2. The van der Waals surface area contributed by atoms with Crippen LogP contribution < -0.4 is 5.32 Å². The zero-order valence-electron chi connectivity index (χ0n) is 16.0. The fraction of sp³-hybridized carbons (Fsp3) is 0.611. The molecular formula is C18H27N3O5S. The summed E-state index contributed by atoms with van der Waals surface area (Å²) in [6.07, 6.45) is 3.04. The van der Waals surface area contributed by atoms with Gasteiger partial charge in [-0.1, -0.05) is 19.4 Å². The van der Waals surface area contributed by atoms with Crippen LogP contribution in [0.2, 0.25) is 0 Å². The van der Waals surface area contributed by atoms with E-state index >= 15 is 0 Å². The number of carbonyl (C=O) groups is 1. The van der Waals surface area contributed by atoms with Crippen molar-refractivity contribution in [2.45, 2.75) is 57.4 Å². The quantitative estimate of drug-likeness (QED) is 0.432. The van der Waals surface area contributed by atoms with Gasteiger partial charge in [-0.15, -0.1) is 0 Å². The van der Waals surface area contributed by atoms with Crippen molar-refractivity contribution in [2.75, 3.05) is 13.1 Å². The number of hydrogen-bond acceptors (Lipinski definition) is 5. The van der Waals surface area contributed by atoms with Crippen molar-refractivity contribution in [1.29, 1.82) is 0 Å². The molecule has 0 bridgehead atoms. The zero-order chi connectivity index (χ0) is 20.2. The SMILES string of the molecule is CCCCNC(=O)C1CCC(C)N(S(=O)(=O)c2cccc([N+](=O)[O-])c2C)C1. The summed E-state index contributed by atoms with van der Waals surface area (Å²) in [7, 11) is -3.94. The van der Waals surface area contributed by atoms with Crippen LogP contribution in [-0.2, 0) is 14.8 Å². The molecule has 1 amide bonds. The van der Waals surface area contributed by atoms with E-state index < -0.39 is 20.9 Å². The van der Waals surface area contributed by atoms with Crippen molar-refractivity contribution in [3.05, 3.63) is 33.9 Å². The normalized spacial score (nSPS) is 21.0. The Hall–Kier alpha value is -2.00. The van der Waals surface area contributed by atoms with Gasteiger partial charge in [0.2, 0.25) is 15.9 Å². The smallest absolute Gasteiger partial charge is 0.273 e. The number of sulfonamides is 1. The molecule has 9 heteroatoms. The number of nitro groups is 1. The lowest BCUT2D eigenvalue weighted by atomic mass is 9.94. The van der Waals surface area contributed by atoms with Gasteiger partial charge in [-0.3, -0.25) is 14.9 Å². The van der Waals surface area contributed by atoms with E-state index in [1.54, 1.807) is 6.92 Å². The fourth-order valence-electron chi connectivity index (χ4n) is 3.36. The molecule has 0 radical (unpaired) electrons. The topological polar surface area (TPSA) is 110 Å². The van der Waals surface area contributed by atoms with Crippen LogP contribution in [-0.4, -0.2) is 42.7 Å². The van der Waals surface area contributed by atoms with Gasteiger partial charge in [0.25, 0.3) is 5.69 Å². The van der Waals surface area contributed by atoms with Crippen LogP contribution in [0.3, 0.4) is 0 Å². The average molecular weight is 397 g/mol. The summed E-state index contributed by atoms with van der Waals surface area (Å²) in [5, 5.41) is 14.0. The summed E-state index contributed by atoms with van der Waals surface area (Å²) in [5.74, 6) is -0.543. The second-order valence-electron chi connectivity index (χ2n) is 7.00. The first kappa shape index (κ1) is 21.3. The Morgan fingerprint density at radius 3 is 2.70 bits per heavy atom. The summed E-state index contributed by atoms with van der Waals surface area (Å²) >= 11 is 0. The zero-order valence-corrected chi connectivity index (χ0v) is 16.8. The lowest BCUT2D eigenvalue weighted by molar-refractivity contribution is -0.385. The first-order valence-electron chi connectivity index (χ1n) is 9.23. The molecule has 8 nitrogen and oxygen atoms in total. The van der Waals surface area contributed by atoms with E-state index in [0.717, 1.165) is 12.8 Å². The number of amides is 1. The van der Waals surface area contributed by atoms with Crippen LogP contribution in [0.15, 0.2) is 23.1 Å². The maximum Gasteiger partial charge on any atom is 0.273 e. The minimum atomic E-state index is -3.94. The van der Waals surface area contributed by atoms with E-state index in [2.05, 4.69) is 5.32 Å². The third kappa shape index (κ3) is 4.65. The summed E-state index contributed by atoms with van der Waals surface area (Å²) < 4.78 is 27.7. The van der Waals surface area contributed by atoms with Crippen LogP contribution >= 0.6 is 0 Å². The van der Waals surface area contributed by atoms with Gasteiger partial charge >= 0.3 is 0 Å². The molecule has 2 atom stereocenters. The van der Waals surface area contributed by atoms with Crippen molar-refractivity contribution in [3.8, 4) is 0 Å². The third-order valence-corrected chi connectivity index (χ3v) is 7.19. The predicted octanol–water partition coefficient (Wildman–Crippen LogP) is 2.61. The minimum absolute atomic E-state index is 0.0735. The van der Waals surface area contributed by atoms with E-state index in [4.69, 9.17) is 0 Å². The van der Waals surface area contributed by atoms with Gasteiger partial charge in [-0.05, 0) is 39.2 Å². The van der Waals surface area contributed by atoms with Crippen LogP contribution in [0.5, 0.6) is 0 Å². The van der Waals surface area contributed by atoms with Crippen LogP contribution in [0.1, 0.15) is 45.1 Å². The molecule has 0 aliphatic carbocycles. The van der Waals surface area contributed by atoms with E-state index in [-0.39, 0.29) is 34.6 Å². The molecule has 2 rings (SSSR count). The molecule has 0 spiro atoms. The van der Waals surface area contributed by atoms with Gasteiger partial charge in [0.15, 0.2) is 0 Å². The van der Waals surface area contributed by atoms with E-state index in [1.807, 2.05) is 6.92 Å². The Morgan fingerprint density at radius 2 is 2.07 bits per heavy atom. The van der Waals surface area contributed by atoms with Crippen molar-refractivity contribution >= 4 is 21.6 Å². The molecule has 1 heterocycles. The number of nitrogens with one attached hydrogen (secondary N) is 1. The number of hydrogen-bond donors (Lipinski definition) is 1. The molecule has 0 aromatic heterocycles. The number of unbranched alkanes of at least 4 members (excludes halogenated alkanes) is 1. The Bertz CT molecular complexity index is 809. The molecule has 150 valence electrons. The molecule has 1 fully saturated rings. The average Bonchev–Trinajstić information content (AvgIpc) is 2.61. The van der Waals surface area contributed by atoms with Gasteiger partial charge in [0.05, 0.1) is 15.7 Å². The molecule has 1 aromatic rings. The molecule has 1 aliphatic heterocycles. The maximum atomic E-state index is 13.2. The van der Waals surface area contributed by atoms with Gasteiger partial charge in [-0.2, -0.15) is 4.31 Å². The molecular weight excluding hydrogens is 370 g/mol. The van der Waals surface area contributed by atoms with E-state index in [1.165, 1.54) is 29.4 Å². The van der Waals surface area contributed by atoms with E-state index in [9.17, 15) is 23.3 Å². The van der Waals surface area contributed by atoms with E-state index in [0.29, 0.717) is 19.4 Å². The number of piperidine rings is 1. The first-order valence-corrected chi connectivity index (χ1v) is 10.7. The van der Waals surface area contributed by atoms with Crippen molar-refractivity contribution < 1.29 is 18.1 Å². The number of rotatable bonds is 7. The summed E-state index contributed by atoms with van der Waals surface area (Å²) in [5.41, 5.74) is -0.112. The third-order valence-electron chi connectivity index (χ3n) is 5.06. The maximum absolute atomic E-state index is 13.2. The number of benzene rings is 1. The molecule has 1 aliphatic rings. The Balaban J connectivity index is 2.27. The highest BCUT2D eigenvalue weighted by Crippen LogP contribution is 2.32. The largest absolute Gasteiger partial charge is 0.356 e. The summed E-state index contributed by atoms with van der Waals surface area (Å²) in [6.45, 7) is 5.94. The van der Waals surface area contributed by atoms with Gasteiger partial charge in [0.1, 0.15) is 0 Å². The second kappa shape index (κ2) is 8.79. The molecule has 1 N–H and O–H groups in total. The number of carbonyl (C=O) groups excluding carboxylic acids is 1. The summed E-state index contributed by atoms with van der Waals surface area (Å²) in [6, 6.07) is 3.78. The van der Waals surface area contributed by atoms with Gasteiger partial charge in [0, 0.05) is 30.8 Å². The van der Waals surface area contributed by atoms with Crippen LogP contribution in [0, 0.1) is 23.0 Å². The van der Waals surface area contributed by atoms with Crippen LogP contribution in [0.4, 0.5) is 5.69 Å². The monoisotopic (exact) mass is 397 g/mol. The molecule has 2 unspecified atom stereocenters. The Labute approximate surface area is 160 Å². The molecule has 1 aromatic carbocycles. The second-order valence-corrected chi connectivity index (χ2v) is 8.86. The van der Waals surface area contributed by atoms with Gasteiger partial charge < -0.3 is 5.32 Å². The van der Waals surface area contributed by atoms with Crippen LogP contribution in [0.25, 0.3) is 0 Å².